The average Bonchev–Trinajstić information content (AvgIpc) is 2.43. The first-order valence-corrected chi connectivity index (χ1v) is 7.73. The van der Waals surface area contributed by atoms with Crippen molar-refractivity contribution in [2.75, 3.05) is 19.6 Å². The van der Waals surface area contributed by atoms with E-state index in [1.165, 1.54) is 12.8 Å². The lowest BCUT2D eigenvalue weighted by Gasteiger charge is -2.35. The fraction of sp³-hybridized carbons (Fsp3) is 0.933. The summed E-state index contributed by atoms with van der Waals surface area (Å²) in [7, 11) is 0. The second kappa shape index (κ2) is 7.85. The van der Waals surface area contributed by atoms with E-state index < -0.39 is 0 Å². The van der Waals surface area contributed by atoms with E-state index in [0.717, 1.165) is 25.4 Å². The second-order valence-electron chi connectivity index (χ2n) is 6.22. The summed E-state index contributed by atoms with van der Waals surface area (Å²) in [6, 6.07) is 0.0270. The van der Waals surface area contributed by atoms with Crippen LogP contribution < -0.4 is 11.1 Å². The van der Waals surface area contributed by atoms with Gasteiger partial charge in [0, 0.05) is 12.6 Å². The molecule has 0 bridgehead atoms. The van der Waals surface area contributed by atoms with Gasteiger partial charge < -0.3 is 11.1 Å². The molecule has 3 N–H and O–H groups in total. The fourth-order valence-electron chi connectivity index (χ4n) is 2.48. The number of amides is 1. The summed E-state index contributed by atoms with van der Waals surface area (Å²) in [5.41, 5.74) is 5.93. The molecule has 1 fully saturated rings. The van der Waals surface area contributed by atoms with Gasteiger partial charge in [0.15, 0.2) is 0 Å². The molecular weight excluding hydrogens is 238 g/mol. The van der Waals surface area contributed by atoms with Crippen LogP contribution in [-0.2, 0) is 4.79 Å². The number of rotatable bonds is 6. The van der Waals surface area contributed by atoms with Gasteiger partial charge in [-0.15, -0.1) is 0 Å². The molecule has 19 heavy (non-hydrogen) atoms. The summed E-state index contributed by atoms with van der Waals surface area (Å²) in [5, 5.41) is 3.00. The van der Waals surface area contributed by atoms with E-state index in [2.05, 4.69) is 31.0 Å². The molecule has 1 heterocycles. The number of carbonyl (C=O) groups is 1. The van der Waals surface area contributed by atoms with E-state index >= 15 is 0 Å². The van der Waals surface area contributed by atoms with Crippen molar-refractivity contribution >= 4 is 5.91 Å². The second-order valence-corrected chi connectivity index (χ2v) is 6.22. The molecule has 1 aliphatic rings. The van der Waals surface area contributed by atoms with Gasteiger partial charge in [0.25, 0.3) is 0 Å². The Kier molecular flexibility index (Phi) is 6.80. The van der Waals surface area contributed by atoms with Crippen molar-refractivity contribution < 1.29 is 4.79 Å². The number of nitrogens with two attached hydrogens (primary N) is 1. The molecule has 1 amide bonds. The molecule has 112 valence electrons. The molecule has 3 atom stereocenters. The third kappa shape index (κ3) is 5.11. The minimum Gasteiger partial charge on any atom is -0.353 e. The molecule has 1 aliphatic heterocycles. The lowest BCUT2D eigenvalue weighted by atomic mass is 9.98. The molecule has 3 unspecified atom stereocenters. The normalized spacial score (nSPS) is 22.8. The lowest BCUT2D eigenvalue weighted by Crippen LogP contribution is -2.50. The zero-order valence-corrected chi connectivity index (χ0v) is 13.0. The van der Waals surface area contributed by atoms with Crippen molar-refractivity contribution in [3.63, 3.8) is 0 Å². The minimum atomic E-state index is -0.376. The number of piperidine rings is 1. The summed E-state index contributed by atoms with van der Waals surface area (Å²) < 4.78 is 0. The number of carbonyl (C=O) groups excluding carboxylic acids is 1. The number of hydrogen-bond donors (Lipinski definition) is 2. The first-order valence-electron chi connectivity index (χ1n) is 7.73. The minimum absolute atomic E-state index is 0.00780. The van der Waals surface area contributed by atoms with Gasteiger partial charge in [-0.1, -0.05) is 27.2 Å². The van der Waals surface area contributed by atoms with Crippen LogP contribution in [0.25, 0.3) is 0 Å². The molecule has 0 aromatic heterocycles. The Hall–Kier alpha value is -0.610. The van der Waals surface area contributed by atoms with Crippen LogP contribution in [0.3, 0.4) is 0 Å². The molecule has 4 nitrogen and oxygen atoms in total. The highest BCUT2D eigenvalue weighted by atomic mass is 16.2. The molecule has 1 saturated heterocycles. The van der Waals surface area contributed by atoms with Gasteiger partial charge >= 0.3 is 0 Å². The van der Waals surface area contributed by atoms with Crippen LogP contribution in [0.2, 0.25) is 0 Å². The Balaban J connectivity index is 2.29. The number of nitrogens with zero attached hydrogens (tertiary/aromatic N) is 1. The van der Waals surface area contributed by atoms with Crippen molar-refractivity contribution in [1.29, 1.82) is 0 Å². The molecule has 0 radical (unpaired) electrons. The Bertz CT molecular complexity index is 275. The maximum Gasteiger partial charge on any atom is 0.237 e. The van der Waals surface area contributed by atoms with E-state index in [4.69, 9.17) is 5.73 Å². The van der Waals surface area contributed by atoms with Gasteiger partial charge in [-0.25, -0.2) is 0 Å². The van der Waals surface area contributed by atoms with Crippen LogP contribution in [0, 0.1) is 11.8 Å². The molecule has 0 aromatic carbocycles. The average molecular weight is 269 g/mol. The van der Waals surface area contributed by atoms with E-state index in [-0.39, 0.29) is 17.9 Å². The molecule has 1 rings (SSSR count). The SMILES string of the molecule is CCC(C)C(N)C(=O)NCC(C)N1CCC(C)CC1. The highest BCUT2D eigenvalue weighted by molar-refractivity contribution is 5.81. The predicted octanol–water partition coefficient (Wildman–Crippen LogP) is 1.60. The van der Waals surface area contributed by atoms with Gasteiger partial charge in [-0.2, -0.15) is 0 Å². The van der Waals surface area contributed by atoms with Crippen molar-refractivity contribution in [1.82, 2.24) is 10.2 Å². The number of nitrogens with one attached hydrogen (secondary N) is 1. The maximum absolute atomic E-state index is 11.9. The van der Waals surface area contributed by atoms with E-state index in [0.29, 0.717) is 12.6 Å². The molecule has 0 spiro atoms. The van der Waals surface area contributed by atoms with Crippen molar-refractivity contribution in [2.45, 2.75) is 59.0 Å². The summed E-state index contributed by atoms with van der Waals surface area (Å²) in [6.45, 7) is 11.6. The fourth-order valence-corrected chi connectivity index (χ4v) is 2.48. The van der Waals surface area contributed by atoms with Gasteiger partial charge in [-0.3, -0.25) is 9.69 Å². The quantitative estimate of drug-likeness (QED) is 0.770. The van der Waals surface area contributed by atoms with Crippen LogP contribution >= 0.6 is 0 Å². The van der Waals surface area contributed by atoms with E-state index in [9.17, 15) is 4.79 Å². The molecule has 0 aliphatic carbocycles. The zero-order chi connectivity index (χ0) is 14.4. The first-order chi connectivity index (χ1) is 8.95. The van der Waals surface area contributed by atoms with Gasteiger partial charge in [0.2, 0.25) is 5.91 Å². The van der Waals surface area contributed by atoms with E-state index in [1.807, 2.05) is 6.92 Å². The first kappa shape index (κ1) is 16.4. The van der Waals surface area contributed by atoms with Crippen LogP contribution in [-0.4, -0.2) is 42.5 Å². The van der Waals surface area contributed by atoms with E-state index in [1.54, 1.807) is 0 Å². The highest BCUT2D eigenvalue weighted by Crippen LogP contribution is 2.17. The Labute approximate surface area is 118 Å². The largest absolute Gasteiger partial charge is 0.353 e. The Morgan fingerprint density at radius 2 is 1.95 bits per heavy atom. The van der Waals surface area contributed by atoms with Gasteiger partial charge in [0.05, 0.1) is 6.04 Å². The smallest absolute Gasteiger partial charge is 0.237 e. The number of likely N-dealkylation sites (tertiary alicyclic amines) is 1. The van der Waals surface area contributed by atoms with Crippen LogP contribution in [0.1, 0.15) is 47.0 Å². The lowest BCUT2D eigenvalue weighted by molar-refractivity contribution is -0.123. The van der Waals surface area contributed by atoms with Gasteiger partial charge in [-0.05, 0) is 44.7 Å². The maximum atomic E-state index is 11.9. The number of hydrogen-bond acceptors (Lipinski definition) is 3. The standard InChI is InChI=1S/C15H31N3O/c1-5-12(3)14(16)15(19)17-10-13(4)18-8-6-11(2)7-9-18/h11-14H,5-10,16H2,1-4H3,(H,17,19). The van der Waals surface area contributed by atoms with Crippen molar-refractivity contribution in [3.8, 4) is 0 Å². The monoisotopic (exact) mass is 269 g/mol. The van der Waals surface area contributed by atoms with Crippen LogP contribution in [0.15, 0.2) is 0 Å². The van der Waals surface area contributed by atoms with Crippen LogP contribution in [0.5, 0.6) is 0 Å². The molecular formula is C15H31N3O. The molecule has 0 aromatic rings. The van der Waals surface area contributed by atoms with Crippen molar-refractivity contribution in [3.05, 3.63) is 0 Å². The zero-order valence-electron chi connectivity index (χ0n) is 13.0. The third-order valence-electron chi connectivity index (χ3n) is 4.57. The van der Waals surface area contributed by atoms with Crippen LogP contribution in [0.4, 0.5) is 0 Å². The predicted molar refractivity (Wildman–Crippen MR) is 79.9 cm³/mol. The Morgan fingerprint density at radius 3 is 2.47 bits per heavy atom. The van der Waals surface area contributed by atoms with Crippen molar-refractivity contribution in [2.24, 2.45) is 17.6 Å². The summed E-state index contributed by atoms with van der Waals surface area (Å²) >= 11 is 0. The molecule has 0 saturated carbocycles. The third-order valence-corrected chi connectivity index (χ3v) is 4.57. The summed E-state index contributed by atoms with van der Waals surface area (Å²) in [4.78, 5) is 14.4. The summed E-state index contributed by atoms with van der Waals surface area (Å²) in [6.07, 6.45) is 3.48. The topological polar surface area (TPSA) is 58.4 Å². The Morgan fingerprint density at radius 1 is 1.37 bits per heavy atom. The highest BCUT2D eigenvalue weighted by Gasteiger charge is 2.23. The summed E-state index contributed by atoms with van der Waals surface area (Å²) in [5.74, 6) is 1.08. The molecule has 4 heteroatoms. The van der Waals surface area contributed by atoms with Gasteiger partial charge in [0.1, 0.15) is 0 Å².